The van der Waals surface area contributed by atoms with E-state index < -0.39 is 11.9 Å². The molecule has 4 heteroatoms. The summed E-state index contributed by atoms with van der Waals surface area (Å²) < 4.78 is 4.63. The molecule has 0 saturated heterocycles. The van der Waals surface area contributed by atoms with Gasteiger partial charge in [0, 0.05) is 7.05 Å². The lowest BCUT2D eigenvalue weighted by atomic mass is 10.2. The standard InChI is InChI=1S/C7H13NO3/c1-4-11-7(10)5(2)6(9)8-3/h5H,4H2,1-3H3,(H,8,9)/t5-/m1/s1. The topological polar surface area (TPSA) is 55.4 Å². The van der Waals surface area contributed by atoms with Crippen LogP contribution in [0.4, 0.5) is 0 Å². The van der Waals surface area contributed by atoms with Crippen molar-refractivity contribution in [3.05, 3.63) is 0 Å². The Bertz CT molecular complexity index is 156. The molecule has 0 radical (unpaired) electrons. The average molecular weight is 159 g/mol. The molecule has 0 aliphatic rings. The fraction of sp³-hybridized carbons (Fsp3) is 0.714. The molecular formula is C7H13NO3. The molecule has 0 unspecified atom stereocenters. The molecule has 0 bridgehead atoms. The van der Waals surface area contributed by atoms with Gasteiger partial charge in [-0.25, -0.2) is 0 Å². The number of ether oxygens (including phenoxy) is 1. The van der Waals surface area contributed by atoms with E-state index in [1.54, 1.807) is 6.92 Å². The molecule has 64 valence electrons. The number of nitrogens with one attached hydrogen (secondary N) is 1. The Hall–Kier alpha value is -1.06. The highest BCUT2D eigenvalue weighted by Crippen LogP contribution is 1.97. The SMILES string of the molecule is CCOC(=O)[C@H](C)C(=O)NC. The maximum absolute atomic E-state index is 10.9. The number of hydrogen-bond donors (Lipinski definition) is 1. The Balaban J connectivity index is 3.91. The minimum Gasteiger partial charge on any atom is -0.465 e. The summed E-state index contributed by atoms with van der Waals surface area (Å²) in [6.45, 7) is 3.52. The van der Waals surface area contributed by atoms with E-state index in [0.29, 0.717) is 6.61 Å². The zero-order valence-electron chi connectivity index (χ0n) is 7.01. The molecule has 0 fully saturated rings. The van der Waals surface area contributed by atoms with Gasteiger partial charge in [0.1, 0.15) is 5.92 Å². The summed E-state index contributed by atoms with van der Waals surface area (Å²) in [6.07, 6.45) is 0. The Morgan fingerprint density at radius 1 is 1.55 bits per heavy atom. The number of carbonyl (C=O) groups is 2. The Labute approximate surface area is 65.9 Å². The molecule has 0 spiro atoms. The van der Waals surface area contributed by atoms with Crippen molar-refractivity contribution in [2.75, 3.05) is 13.7 Å². The number of esters is 1. The molecule has 11 heavy (non-hydrogen) atoms. The third-order valence-corrected chi connectivity index (χ3v) is 1.28. The molecule has 0 aliphatic heterocycles. The molecule has 1 atom stereocenters. The summed E-state index contributed by atoms with van der Waals surface area (Å²) in [5.41, 5.74) is 0. The number of amides is 1. The van der Waals surface area contributed by atoms with Gasteiger partial charge in [-0.15, -0.1) is 0 Å². The van der Waals surface area contributed by atoms with E-state index in [-0.39, 0.29) is 5.91 Å². The summed E-state index contributed by atoms with van der Waals surface area (Å²) in [5.74, 6) is -1.50. The summed E-state index contributed by atoms with van der Waals surface area (Å²) >= 11 is 0. The van der Waals surface area contributed by atoms with Crippen LogP contribution in [0.2, 0.25) is 0 Å². The van der Waals surface area contributed by atoms with Gasteiger partial charge in [0.05, 0.1) is 6.61 Å². The van der Waals surface area contributed by atoms with Crippen LogP contribution in [0.25, 0.3) is 0 Å². The zero-order valence-corrected chi connectivity index (χ0v) is 7.01. The normalized spacial score (nSPS) is 11.9. The lowest BCUT2D eigenvalue weighted by molar-refractivity contribution is -0.151. The van der Waals surface area contributed by atoms with Crippen LogP contribution in [0.3, 0.4) is 0 Å². The van der Waals surface area contributed by atoms with Crippen LogP contribution in [0, 0.1) is 5.92 Å². The molecule has 0 aromatic carbocycles. The van der Waals surface area contributed by atoms with Crippen molar-refractivity contribution in [1.29, 1.82) is 0 Å². The van der Waals surface area contributed by atoms with Crippen LogP contribution in [0.5, 0.6) is 0 Å². The van der Waals surface area contributed by atoms with Crippen LogP contribution in [0.15, 0.2) is 0 Å². The molecular weight excluding hydrogens is 146 g/mol. The lowest BCUT2D eigenvalue weighted by Gasteiger charge is -2.07. The van der Waals surface area contributed by atoms with Gasteiger partial charge in [-0.05, 0) is 13.8 Å². The monoisotopic (exact) mass is 159 g/mol. The highest BCUT2D eigenvalue weighted by atomic mass is 16.5. The number of carbonyl (C=O) groups excluding carboxylic acids is 2. The van der Waals surface area contributed by atoms with Crippen molar-refractivity contribution in [2.45, 2.75) is 13.8 Å². The van der Waals surface area contributed by atoms with E-state index in [0.717, 1.165) is 0 Å². The minimum atomic E-state index is -0.708. The van der Waals surface area contributed by atoms with Crippen molar-refractivity contribution in [2.24, 2.45) is 5.92 Å². The molecule has 4 nitrogen and oxygen atoms in total. The average Bonchev–Trinajstić information content (AvgIpc) is 2.02. The van der Waals surface area contributed by atoms with Crippen molar-refractivity contribution in [3.63, 3.8) is 0 Å². The van der Waals surface area contributed by atoms with E-state index in [2.05, 4.69) is 10.1 Å². The maximum Gasteiger partial charge on any atom is 0.318 e. The van der Waals surface area contributed by atoms with Gasteiger partial charge < -0.3 is 10.1 Å². The second-order valence-corrected chi connectivity index (χ2v) is 2.09. The third kappa shape index (κ3) is 3.02. The predicted octanol–water partition coefficient (Wildman–Crippen LogP) is -0.0684. The number of rotatable bonds is 3. The maximum atomic E-state index is 10.9. The first kappa shape index (κ1) is 9.94. The highest BCUT2D eigenvalue weighted by molar-refractivity contribution is 5.97. The Morgan fingerprint density at radius 3 is 2.45 bits per heavy atom. The van der Waals surface area contributed by atoms with Crippen LogP contribution in [-0.4, -0.2) is 25.5 Å². The molecule has 0 aliphatic carbocycles. The second kappa shape index (κ2) is 4.71. The van der Waals surface area contributed by atoms with Gasteiger partial charge in [0.15, 0.2) is 0 Å². The van der Waals surface area contributed by atoms with E-state index in [1.807, 2.05) is 0 Å². The van der Waals surface area contributed by atoms with Crippen LogP contribution < -0.4 is 5.32 Å². The molecule has 0 rings (SSSR count). The largest absolute Gasteiger partial charge is 0.465 e. The van der Waals surface area contributed by atoms with Gasteiger partial charge in [-0.2, -0.15) is 0 Å². The zero-order chi connectivity index (χ0) is 8.85. The Morgan fingerprint density at radius 2 is 2.09 bits per heavy atom. The summed E-state index contributed by atoms with van der Waals surface area (Å²) in [6, 6.07) is 0. The smallest absolute Gasteiger partial charge is 0.318 e. The van der Waals surface area contributed by atoms with Crippen LogP contribution in [0.1, 0.15) is 13.8 Å². The van der Waals surface area contributed by atoms with Crippen LogP contribution in [-0.2, 0) is 14.3 Å². The molecule has 0 aromatic rings. The molecule has 1 N–H and O–H groups in total. The van der Waals surface area contributed by atoms with Gasteiger partial charge in [0.2, 0.25) is 5.91 Å². The highest BCUT2D eigenvalue weighted by Gasteiger charge is 2.20. The quantitative estimate of drug-likeness (QED) is 0.463. The summed E-state index contributed by atoms with van der Waals surface area (Å²) in [7, 11) is 1.48. The van der Waals surface area contributed by atoms with Gasteiger partial charge >= 0.3 is 5.97 Å². The first-order chi connectivity index (χ1) is 5.13. The van der Waals surface area contributed by atoms with Gasteiger partial charge in [-0.1, -0.05) is 0 Å². The molecule has 0 aromatic heterocycles. The van der Waals surface area contributed by atoms with Gasteiger partial charge in [0.25, 0.3) is 0 Å². The second-order valence-electron chi connectivity index (χ2n) is 2.09. The summed E-state index contributed by atoms with van der Waals surface area (Å²) in [5, 5.41) is 2.36. The number of hydrogen-bond acceptors (Lipinski definition) is 3. The molecule has 0 heterocycles. The van der Waals surface area contributed by atoms with E-state index in [4.69, 9.17) is 0 Å². The third-order valence-electron chi connectivity index (χ3n) is 1.28. The fourth-order valence-electron chi connectivity index (χ4n) is 0.591. The van der Waals surface area contributed by atoms with E-state index in [9.17, 15) is 9.59 Å². The van der Waals surface area contributed by atoms with Crippen molar-refractivity contribution in [1.82, 2.24) is 5.32 Å². The summed E-state index contributed by atoms with van der Waals surface area (Å²) in [4.78, 5) is 21.7. The lowest BCUT2D eigenvalue weighted by Crippen LogP contribution is -2.32. The van der Waals surface area contributed by atoms with E-state index >= 15 is 0 Å². The molecule has 0 saturated carbocycles. The fourth-order valence-corrected chi connectivity index (χ4v) is 0.591. The molecule has 1 amide bonds. The van der Waals surface area contributed by atoms with Crippen LogP contribution >= 0.6 is 0 Å². The van der Waals surface area contributed by atoms with Gasteiger partial charge in [-0.3, -0.25) is 9.59 Å². The van der Waals surface area contributed by atoms with Crippen molar-refractivity contribution >= 4 is 11.9 Å². The first-order valence-corrected chi connectivity index (χ1v) is 3.51. The van der Waals surface area contributed by atoms with Crippen molar-refractivity contribution in [3.8, 4) is 0 Å². The predicted molar refractivity (Wildman–Crippen MR) is 39.9 cm³/mol. The van der Waals surface area contributed by atoms with Crippen molar-refractivity contribution < 1.29 is 14.3 Å². The minimum absolute atomic E-state index is 0.306. The first-order valence-electron chi connectivity index (χ1n) is 3.51. The van der Waals surface area contributed by atoms with E-state index in [1.165, 1.54) is 14.0 Å². The Kier molecular flexibility index (Phi) is 4.26.